The van der Waals surface area contributed by atoms with Crippen molar-refractivity contribution in [1.82, 2.24) is 20.6 Å². The zero-order valence-electron chi connectivity index (χ0n) is 15.5. The van der Waals surface area contributed by atoms with Crippen LogP contribution in [0.5, 0.6) is 0 Å². The van der Waals surface area contributed by atoms with Crippen LogP contribution in [0.4, 0.5) is 0 Å². The highest BCUT2D eigenvalue weighted by Crippen LogP contribution is 2.25. The number of rotatable bonds is 6. The van der Waals surface area contributed by atoms with Gasteiger partial charge in [0.15, 0.2) is 5.96 Å². The number of aryl methyl sites for hydroxylation is 1. The number of hydrogen-bond acceptors (Lipinski definition) is 5. The topological polar surface area (TPSA) is 62.2 Å². The van der Waals surface area contributed by atoms with Gasteiger partial charge in [-0.2, -0.15) is 0 Å². The Kier molecular flexibility index (Phi) is 9.29. The smallest absolute Gasteiger partial charge is 0.191 e. The first-order chi connectivity index (χ1) is 11.4. The molecule has 0 spiro atoms. The van der Waals surface area contributed by atoms with E-state index in [2.05, 4.69) is 53.7 Å². The Hall–Kier alpha value is -0.740. The molecule has 0 aliphatic rings. The lowest BCUT2D eigenvalue weighted by Crippen LogP contribution is -2.37. The molecule has 2 aromatic rings. The van der Waals surface area contributed by atoms with Crippen LogP contribution in [-0.2, 0) is 24.8 Å². The number of thiazole rings is 2. The molecule has 0 unspecified atom stereocenters. The van der Waals surface area contributed by atoms with E-state index in [1.807, 2.05) is 6.20 Å². The van der Waals surface area contributed by atoms with Crippen molar-refractivity contribution >= 4 is 52.6 Å². The predicted molar refractivity (Wildman–Crippen MR) is 120 cm³/mol. The second-order valence-electron chi connectivity index (χ2n) is 6.57. The number of halogens is 1. The highest BCUT2D eigenvalue weighted by molar-refractivity contribution is 14.0. The van der Waals surface area contributed by atoms with Crippen molar-refractivity contribution in [1.29, 1.82) is 0 Å². The van der Waals surface area contributed by atoms with Gasteiger partial charge in [0.25, 0.3) is 0 Å². The predicted octanol–water partition coefficient (Wildman–Crippen LogP) is 3.99. The molecule has 140 valence electrons. The molecule has 0 amide bonds. The zero-order valence-corrected chi connectivity index (χ0v) is 19.5. The normalized spacial score (nSPS) is 12.0. The van der Waals surface area contributed by atoms with Gasteiger partial charge >= 0.3 is 0 Å². The molecule has 0 saturated carbocycles. The molecule has 0 saturated heterocycles. The van der Waals surface area contributed by atoms with E-state index in [1.165, 1.54) is 9.88 Å². The van der Waals surface area contributed by atoms with Crippen LogP contribution in [0.1, 0.15) is 48.3 Å². The Morgan fingerprint density at radius 1 is 1.28 bits per heavy atom. The molecule has 0 fully saturated rings. The highest BCUT2D eigenvalue weighted by Gasteiger charge is 2.17. The van der Waals surface area contributed by atoms with Crippen LogP contribution in [-0.4, -0.2) is 29.5 Å². The van der Waals surface area contributed by atoms with Crippen LogP contribution in [0.3, 0.4) is 0 Å². The van der Waals surface area contributed by atoms with Gasteiger partial charge in [-0.25, -0.2) is 9.97 Å². The summed E-state index contributed by atoms with van der Waals surface area (Å²) in [5.41, 5.74) is 1.16. The van der Waals surface area contributed by atoms with Crippen molar-refractivity contribution < 1.29 is 0 Å². The third kappa shape index (κ3) is 7.18. The van der Waals surface area contributed by atoms with E-state index >= 15 is 0 Å². The second-order valence-corrected chi connectivity index (χ2v) is 8.63. The van der Waals surface area contributed by atoms with Gasteiger partial charge < -0.3 is 10.6 Å². The van der Waals surface area contributed by atoms with Crippen LogP contribution in [0.25, 0.3) is 0 Å². The van der Waals surface area contributed by atoms with Crippen LogP contribution in [0.15, 0.2) is 16.6 Å². The fourth-order valence-corrected chi connectivity index (χ4v) is 3.81. The number of nitrogens with zero attached hydrogens (tertiary/aromatic N) is 3. The van der Waals surface area contributed by atoms with Gasteiger partial charge in [-0.05, 0) is 6.42 Å². The SMILES string of the molecule is CCc1cnc(CCNC(=NC)NCc2csc(C(C)(C)C)n2)s1.I. The summed E-state index contributed by atoms with van der Waals surface area (Å²) in [6.45, 7) is 10.2. The first kappa shape index (κ1) is 22.3. The molecule has 2 heterocycles. The first-order valence-electron chi connectivity index (χ1n) is 8.25. The summed E-state index contributed by atoms with van der Waals surface area (Å²) in [6.07, 6.45) is 3.94. The average molecular weight is 493 g/mol. The largest absolute Gasteiger partial charge is 0.356 e. The van der Waals surface area contributed by atoms with E-state index in [0.717, 1.165) is 36.0 Å². The van der Waals surface area contributed by atoms with Gasteiger partial charge in [-0.15, -0.1) is 46.7 Å². The molecule has 2 aromatic heterocycles. The van der Waals surface area contributed by atoms with Crippen molar-refractivity contribution in [3.05, 3.63) is 32.2 Å². The minimum absolute atomic E-state index is 0. The van der Waals surface area contributed by atoms with Crippen LogP contribution in [0.2, 0.25) is 0 Å². The third-order valence-electron chi connectivity index (χ3n) is 3.44. The van der Waals surface area contributed by atoms with Crippen molar-refractivity contribution in [2.75, 3.05) is 13.6 Å². The van der Waals surface area contributed by atoms with Crippen LogP contribution in [0, 0.1) is 0 Å². The number of aromatic nitrogens is 2. The van der Waals surface area contributed by atoms with Crippen LogP contribution < -0.4 is 10.6 Å². The lowest BCUT2D eigenvalue weighted by molar-refractivity contribution is 0.582. The molecule has 5 nitrogen and oxygen atoms in total. The first-order valence-corrected chi connectivity index (χ1v) is 9.95. The molecular weight excluding hydrogens is 465 g/mol. The Morgan fingerprint density at radius 3 is 2.60 bits per heavy atom. The monoisotopic (exact) mass is 493 g/mol. The molecule has 25 heavy (non-hydrogen) atoms. The fourth-order valence-electron chi connectivity index (χ4n) is 2.04. The van der Waals surface area contributed by atoms with Crippen molar-refractivity contribution in [3.63, 3.8) is 0 Å². The molecule has 0 atom stereocenters. The highest BCUT2D eigenvalue weighted by atomic mass is 127. The maximum absolute atomic E-state index is 4.69. The molecule has 0 radical (unpaired) electrons. The van der Waals surface area contributed by atoms with Gasteiger partial charge in [0.1, 0.15) is 0 Å². The summed E-state index contributed by atoms with van der Waals surface area (Å²) >= 11 is 3.50. The van der Waals surface area contributed by atoms with E-state index in [1.54, 1.807) is 29.7 Å². The van der Waals surface area contributed by atoms with Crippen molar-refractivity contribution in [2.45, 2.75) is 52.5 Å². The maximum atomic E-state index is 4.69. The Bertz CT molecular complexity index is 673. The second kappa shape index (κ2) is 10.4. The van der Waals surface area contributed by atoms with Gasteiger partial charge in [-0.3, -0.25) is 4.99 Å². The summed E-state index contributed by atoms with van der Waals surface area (Å²) in [4.78, 5) is 14.7. The fraction of sp³-hybridized carbons (Fsp3) is 0.588. The minimum Gasteiger partial charge on any atom is -0.356 e. The van der Waals surface area contributed by atoms with E-state index in [9.17, 15) is 0 Å². The summed E-state index contributed by atoms with van der Waals surface area (Å²) in [5.74, 6) is 0.799. The number of guanidine groups is 1. The molecule has 0 aliphatic carbocycles. The van der Waals surface area contributed by atoms with E-state index in [0.29, 0.717) is 6.54 Å². The zero-order chi connectivity index (χ0) is 17.6. The van der Waals surface area contributed by atoms with Gasteiger partial charge in [0.2, 0.25) is 0 Å². The van der Waals surface area contributed by atoms with Crippen molar-refractivity contribution in [2.24, 2.45) is 4.99 Å². The molecule has 0 aliphatic heterocycles. The lowest BCUT2D eigenvalue weighted by Gasteiger charge is -2.14. The molecule has 0 bridgehead atoms. The summed E-state index contributed by atoms with van der Waals surface area (Å²) < 4.78 is 0. The average Bonchev–Trinajstić information content (AvgIpc) is 3.19. The number of aliphatic imine (C=N–C) groups is 1. The van der Waals surface area contributed by atoms with Gasteiger partial charge in [0.05, 0.1) is 22.3 Å². The van der Waals surface area contributed by atoms with Gasteiger partial charge in [-0.1, -0.05) is 27.7 Å². The summed E-state index contributed by atoms with van der Waals surface area (Å²) in [6, 6.07) is 0. The molecule has 8 heteroatoms. The third-order valence-corrected chi connectivity index (χ3v) is 5.95. The van der Waals surface area contributed by atoms with Crippen molar-refractivity contribution in [3.8, 4) is 0 Å². The molecular formula is C17H28IN5S2. The van der Waals surface area contributed by atoms with E-state index < -0.39 is 0 Å². The summed E-state index contributed by atoms with van der Waals surface area (Å²) in [5, 5.41) is 11.1. The Balaban J connectivity index is 0.00000312. The van der Waals surface area contributed by atoms with E-state index in [4.69, 9.17) is 4.98 Å². The van der Waals surface area contributed by atoms with E-state index in [-0.39, 0.29) is 29.4 Å². The quantitative estimate of drug-likeness (QED) is 0.363. The standard InChI is InChI=1S/C17H27N5S2.HI/c1-6-13-10-20-14(24-13)7-8-19-16(18-5)21-9-12-11-23-15(22-12)17(2,3)4;/h10-11H,6-9H2,1-5H3,(H2,18,19,21);1H. The number of nitrogens with one attached hydrogen (secondary N) is 2. The van der Waals surface area contributed by atoms with Gasteiger partial charge in [0, 0.05) is 41.9 Å². The minimum atomic E-state index is 0. The summed E-state index contributed by atoms with van der Waals surface area (Å²) in [7, 11) is 1.79. The molecule has 2 N–H and O–H groups in total. The number of hydrogen-bond donors (Lipinski definition) is 2. The maximum Gasteiger partial charge on any atom is 0.191 e. The van der Waals surface area contributed by atoms with Crippen LogP contribution >= 0.6 is 46.7 Å². The Labute approximate surface area is 175 Å². The molecule has 0 aromatic carbocycles. The lowest BCUT2D eigenvalue weighted by atomic mass is 9.98. The Morgan fingerprint density at radius 2 is 2.04 bits per heavy atom. The molecule has 2 rings (SSSR count).